The van der Waals surface area contributed by atoms with Gasteiger partial charge in [0.05, 0.1) is 5.25 Å². The van der Waals surface area contributed by atoms with Crippen LogP contribution in [0.3, 0.4) is 0 Å². The van der Waals surface area contributed by atoms with Crippen LogP contribution in [-0.2, 0) is 4.79 Å². The number of benzene rings is 1. The molecule has 0 saturated heterocycles. The molecule has 1 fully saturated rings. The Bertz CT molecular complexity index is 491. The minimum absolute atomic E-state index is 0.249. The fourth-order valence-corrected chi connectivity index (χ4v) is 2.90. The first-order chi connectivity index (χ1) is 9.06. The highest BCUT2D eigenvalue weighted by Crippen LogP contribution is 2.30. The molecular weight excluding hydrogens is 328 g/mol. The molecule has 0 aliphatic heterocycles. The number of imide groups is 1. The molecule has 3 amide bonds. The first kappa shape index (κ1) is 14.4. The number of carbonyl (C=O) groups excluding carboxylic acids is 2. The van der Waals surface area contributed by atoms with Crippen LogP contribution in [0.5, 0.6) is 0 Å². The number of urea groups is 1. The zero-order chi connectivity index (χ0) is 13.8. The van der Waals surface area contributed by atoms with E-state index < -0.39 is 6.03 Å². The second kappa shape index (κ2) is 6.43. The van der Waals surface area contributed by atoms with Crippen molar-refractivity contribution in [1.82, 2.24) is 10.6 Å². The highest BCUT2D eigenvalue weighted by atomic mass is 79.9. The molecule has 1 saturated carbocycles. The SMILES string of the molecule is CC(Sc1ccccc1Br)C(=O)NC(=O)NC1CC1. The minimum atomic E-state index is -0.396. The van der Waals surface area contributed by atoms with Gasteiger partial charge < -0.3 is 5.32 Å². The average molecular weight is 343 g/mol. The Labute approximate surface area is 124 Å². The molecule has 1 aliphatic carbocycles. The van der Waals surface area contributed by atoms with Crippen molar-refractivity contribution in [1.29, 1.82) is 0 Å². The highest BCUT2D eigenvalue weighted by molar-refractivity contribution is 9.10. The van der Waals surface area contributed by atoms with E-state index >= 15 is 0 Å². The number of thioether (sulfide) groups is 1. The molecule has 6 heteroatoms. The van der Waals surface area contributed by atoms with Gasteiger partial charge in [-0.15, -0.1) is 11.8 Å². The lowest BCUT2D eigenvalue weighted by Crippen LogP contribution is -2.43. The Morgan fingerprint density at radius 2 is 2.05 bits per heavy atom. The molecule has 102 valence electrons. The second-order valence-electron chi connectivity index (χ2n) is 4.43. The molecule has 0 bridgehead atoms. The Morgan fingerprint density at radius 1 is 1.37 bits per heavy atom. The Balaban J connectivity index is 1.84. The molecule has 0 heterocycles. The number of nitrogens with one attached hydrogen (secondary N) is 2. The lowest BCUT2D eigenvalue weighted by atomic mass is 10.4. The molecule has 4 nitrogen and oxygen atoms in total. The van der Waals surface area contributed by atoms with E-state index in [9.17, 15) is 9.59 Å². The highest BCUT2D eigenvalue weighted by Gasteiger charge is 2.25. The number of rotatable bonds is 4. The van der Waals surface area contributed by atoms with E-state index in [1.165, 1.54) is 11.8 Å². The summed E-state index contributed by atoms with van der Waals surface area (Å²) in [6.45, 7) is 1.78. The summed E-state index contributed by atoms with van der Waals surface area (Å²) in [6.07, 6.45) is 2.01. The summed E-state index contributed by atoms with van der Waals surface area (Å²) in [5, 5.41) is 4.76. The lowest BCUT2D eigenvalue weighted by molar-refractivity contribution is -0.119. The molecule has 1 aromatic carbocycles. The monoisotopic (exact) mass is 342 g/mol. The van der Waals surface area contributed by atoms with Crippen LogP contribution < -0.4 is 10.6 Å². The molecule has 0 spiro atoms. The largest absolute Gasteiger partial charge is 0.335 e. The normalized spacial score (nSPS) is 15.7. The van der Waals surface area contributed by atoms with E-state index in [1.807, 2.05) is 24.3 Å². The maximum absolute atomic E-state index is 11.9. The summed E-state index contributed by atoms with van der Waals surface area (Å²) < 4.78 is 0.946. The predicted molar refractivity (Wildman–Crippen MR) is 79.2 cm³/mol. The third kappa shape index (κ3) is 4.54. The van der Waals surface area contributed by atoms with Gasteiger partial charge in [-0.25, -0.2) is 4.79 Å². The zero-order valence-electron chi connectivity index (χ0n) is 10.5. The van der Waals surface area contributed by atoms with Gasteiger partial charge in [0.2, 0.25) is 5.91 Å². The van der Waals surface area contributed by atoms with Crippen LogP contribution in [0.2, 0.25) is 0 Å². The number of carbonyl (C=O) groups is 2. The predicted octanol–water partition coefficient (Wildman–Crippen LogP) is 2.92. The van der Waals surface area contributed by atoms with Crippen molar-refractivity contribution in [3.05, 3.63) is 28.7 Å². The van der Waals surface area contributed by atoms with Crippen molar-refractivity contribution in [2.45, 2.75) is 36.0 Å². The Kier molecular flexibility index (Phi) is 4.87. The maximum atomic E-state index is 11.9. The van der Waals surface area contributed by atoms with Gasteiger partial charge in [0.15, 0.2) is 0 Å². The number of hydrogen-bond acceptors (Lipinski definition) is 3. The number of hydrogen-bond donors (Lipinski definition) is 2. The summed E-state index contributed by atoms with van der Waals surface area (Å²) in [5.74, 6) is -0.279. The third-order valence-corrected chi connectivity index (χ3v) is 4.79. The van der Waals surface area contributed by atoms with E-state index in [0.29, 0.717) is 0 Å². The molecule has 19 heavy (non-hydrogen) atoms. The van der Waals surface area contributed by atoms with E-state index in [2.05, 4.69) is 26.6 Å². The average Bonchev–Trinajstić information content (AvgIpc) is 3.15. The van der Waals surface area contributed by atoms with Gasteiger partial charge in [-0.05, 0) is 47.8 Å². The second-order valence-corrected chi connectivity index (χ2v) is 6.66. The summed E-state index contributed by atoms with van der Waals surface area (Å²) >= 11 is 4.85. The topological polar surface area (TPSA) is 58.2 Å². The van der Waals surface area contributed by atoms with Crippen LogP contribution >= 0.6 is 27.7 Å². The van der Waals surface area contributed by atoms with Crippen LogP contribution in [-0.4, -0.2) is 23.2 Å². The van der Waals surface area contributed by atoms with Gasteiger partial charge in [0.1, 0.15) is 0 Å². The van der Waals surface area contributed by atoms with Crippen LogP contribution in [0.1, 0.15) is 19.8 Å². The smallest absolute Gasteiger partial charge is 0.321 e. The minimum Gasteiger partial charge on any atom is -0.335 e. The number of amides is 3. The van der Waals surface area contributed by atoms with Crippen molar-refractivity contribution in [2.24, 2.45) is 0 Å². The van der Waals surface area contributed by atoms with Crippen LogP contribution in [0.4, 0.5) is 4.79 Å². The van der Waals surface area contributed by atoms with Gasteiger partial charge in [0, 0.05) is 15.4 Å². The Morgan fingerprint density at radius 3 is 2.68 bits per heavy atom. The Hall–Kier alpha value is -1.01. The van der Waals surface area contributed by atoms with Crippen molar-refractivity contribution >= 4 is 39.6 Å². The van der Waals surface area contributed by atoms with Crippen molar-refractivity contribution < 1.29 is 9.59 Å². The summed E-state index contributed by atoms with van der Waals surface area (Å²) in [5.41, 5.74) is 0. The van der Waals surface area contributed by atoms with E-state index in [4.69, 9.17) is 0 Å². The van der Waals surface area contributed by atoms with Gasteiger partial charge in [-0.3, -0.25) is 10.1 Å². The van der Waals surface area contributed by atoms with Crippen molar-refractivity contribution in [3.8, 4) is 0 Å². The fourth-order valence-electron chi connectivity index (χ4n) is 1.45. The van der Waals surface area contributed by atoms with E-state index in [0.717, 1.165) is 22.2 Å². The molecule has 2 rings (SSSR count). The van der Waals surface area contributed by atoms with E-state index in [-0.39, 0.29) is 17.2 Å². The van der Waals surface area contributed by atoms with Crippen molar-refractivity contribution in [2.75, 3.05) is 0 Å². The van der Waals surface area contributed by atoms with Gasteiger partial charge in [-0.1, -0.05) is 12.1 Å². The first-order valence-electron chi connectivity index (χ1n) is 6.09. The molecule has 2 N–H and O–H groups in total. The van der Waals surface area contributed by atoms with Crippen LogP contribution in [0.15, 0.2) is 33.6 Å². The fraction of sp³-hybridized carbons (Fsp3) is 0.385. The van der Waals surface area contributed by atoms with E-state index in [1.54, 1.807) is 6.92 Å². The molecule has 1 aromatic rings. The molecule has 1 unspecified atom stereocenters. The molecular formula is C13H15BrN2O2S. The summed E-state index contributed by atoms with van der Waals surface area (Å²) in [6, 6.07) is 7.54. The van der Waals surface area contributed by atoms with Gasteiger partial charge in [-0.2, -0.15) is 0 Å². The lowest BCUT2D eigenvalue weighted by Gasteiger charge is -2.12. The molecule has 1 aliphatic rings. The quantitative estimate of drug-likeness (QED) is 0.827. The number of halogens is 1. The zero-order valence-corrected chi connectivity index (χ0v) is 12.9. The maximum Gasteiger partial charge on any atom is 0.321 e. The van der Waals surface area contributed by atoms with Gasteiger partial charge in [0.25, 0.3) is 0 Å². The van der Waals surface area contributed by atoms with Crippen LogP contribution in [0.25, 0.3) is 0 Å². The van der Waals surface area contributed by atoms with Gasteiger partial charge >= 0.3 is 6.03 Å². The van der Waals surface area contributed by atoms with Crippen LogP contribution in [0, 0.1) is 0 Å². The first-order valence-corrected chi connectivity index (χ1v) is 7.76. The molecule has 0 radical (unpaired) electrons. The van der Waals surface area contributed by atoms with Crippen molar-refractivity contribution in [3.63, 3.8) is 0 Å². The summed E-state index contributed by atoms with van der Waals surface area (Å²) in [4.78, 5) is 24.3. The summed E-state index contributed by atoms with van der Waals surface area (Å²) in [7, 11) is 0. The molecule has 1 atom stereocenters. The third-order valence-electron chi connectivity index (χ3n) is 2.66. The molecule has 0 aromatic heterocycles. The standard InChI is InChI=1S/C13H15BrN2O2S/c1-8(19-11-5-3-2-4-10(11)14)12(17)16-13(18)15-9-6-7-9/h2-5,8-9H,6-7H2,1H3,(H2,15,16,17,18).